The minimum absolute atomic E-state index is 0.588. The summed E-state index contributed by atoms with van der Waals surface area (Å²) in [5.74, 6) is 0. The van der Waals surface area contributed by atoms with Crippen LogP contribution in [0.5, 0.6) is 0 Å². The third kappa shape index (κ3) is 4.74. The average Bonchev–Trinajstić information content (AvgIpc) is 2.94. The lowest BCUT2D eigenvalue weighted by molar-refractivity contribution is 0.266. The third-order valence-electron chi connectivity index (χ3n) is 2.90. The van der Waals surface area contributed by atoms with Gasteiger partial charge in [-0.25, -0.2) is 4.98 Å². The Morgan fingerprint density at radius 1 is 1.20 bits per heavy atom. The van der Waals surface area contributed by atoms with Crippen molar-refractivity contribution in [1.82, 2.24) is 19.7 Å². The summed E-state index contributed by atoms with van der Waals surface area (Å²) in [6, 6.07) is 5.76. The summed E-state index contributed by atoms with van der Waals surface area (Å²) in [5, 5.41) is 6.22. The van der Waals surface area contributed by atoms with Gasteiger partial charge in [0.25, 0.3) is 0 Å². The highest BCUT2D eigenvalue weighted by atomic mass is 79.9. The number of nitrogens with zero attached hydrogens (tertiary/aromatic N) is 4. The van der Waals surface area contributed by atoms with Crippen molar-refractivity contribution in [3.63, 3.8) is 0 Å². The highest BCUT2D eigenvalue weighted by Crippen LogP contribution is 2.23. The van der Waals surface area contributed by atoms with Crippen LogP contribution in [0.25, 0.3) is 0 Å². The molecule has 1 aromatic carbocycles. The first-order valence-corrected chi connectivity index (χ1v) is 8.11. The molecule has 0 aliphatic heterocycles. The maximum Gasteiger partial charge on any atom is 0.137 e. The molecular formula is C13H15BrCl2N4. The van der Waals surface area contributed by atoms with Gasteiger partial charge in [-0.05, 0) is 17.7 Å². The molecule has 0 spiro atoms. The number of rotatable bonds is 7. The summed E-state index contributed by atoms with van der Waals surface area (Å²) < 4.78 is 1.83. The van der Waals surface area contributed by atoms with Crippen molar-refractivity contribution in [3.8, 4) is 0 Å². The van der Waals surface area contributed by atoms with Crippen molar-refractivity contribution in [3.05, 3.63) is 46.5 Å². The molecule has 0 aliphatic rings. The lowest BCUT2D eigenvalue weighted by Crippen LogP contribution is -2.29. The number of aromatic nitrogens is 3. The van der Waals surface area contributed by atoms with Crippen LogP contribution in [0.4, 0.5) is 0 Å². The number of hydrogen-bond donors (Lipinski definition) is 0. The molecule has 0 unspecified atom stereocenters. The molecule has 7 heteroatoms. The molecule has 4 nitrogen and oxygen atoms in total. The van der Waals surface area contributed by atoms with Gasteiger partial charge in [-0.3, -0.25) is 9.58 Å². The first-order valence-electron chi connectivity index (χ1n) is 6.23. The summed E-state index contributed by atoms with van der Waals surface area (Å²) in [5.41, 5.74) is 1.15. The van der Waals surface area contributed by atoms with Crippen LogP contribution < -0.4 is 0 Å². The molecule has 2 aromatic rings. The van der Waals surface area contributed by atoms with Gasteiger partial charge >= 0.3 is 0 Å². The van der Waals surface area contributed by atoms with Crippen LogP contribution >= 0.6 is 39.1 Å². The smallest absolute Gasteiger partial charge is 0.137 e. The largest absolute Gasteiger partial charge is 0.296 e. The normalized spacial score (nSPS) is 11.2. The molecule has 0 saturated carbocycles. The molecule has 1 aromatic heterocycles. The molecule has 20 heavy (non-hydrogen) atoms. The molecule has 108 valence electrons. The lowest BCUT2D eigenvalue weighted by atomic mass is 10.2. The van der Waals surface area contributed by atoms with Crippen molar-refractivity contribution in [2.45, 2.75) is 13.1 Å². The van der Waals surface area contributed by atoms with E-state index in [1.807, 2.05) is 22.9 Å². The molecule has 0 N–H and O–H groups in total. The second kappa shape index (κ2) is 7.98. The minimum atomic E-state index is 0.588. The van der Waals surface area contributed by atoms with Crippen molar-refractivity contribution < 1.29 is 0 Å². The van der Waals surface area contributed by atoms with Gasteiger partial charge in [-0.15, -0.1) is 0 Å². The zero-order chi connectivity index (χ0) is 14.4. The van der Waals surface area contributed by atoms with E-state index in [0.717, 1.165) is 37.1 Å². The lowest BCUT2D eigenvalue weighted by Gasteiger charge is -2.21. The van der Waals surface area contributed by atoms with Crippen LogP contribution in [-0.2, 0) is 13.1 Å². The fourth-order valence-corrected chi connectivity index (χ4v) is 2.70. The van der Waals surface area contributed by atoms with Crippen molar-refractivity contribution in [2.24, 2.45) is 0 Å². The summed E-state index contributed by atoms with van der Waals surface area (Å²) >= 11 is 15.5. The first kappa shape index (κ1) is 15.8. The summed E-state index contributed by atoms with van der Waals surface area (Å²) in [6.45, 7) is 3.50. The number of alkyl halides is 1. The Labute approximate surface area is 136 Å². The van der Waals surface area contributed by atoms with Crippen LogP contribution in [-0.4, -0.2) is 38.1 Å². The van der Waals surface area contributed by atoms with Gasteiger partial charge in [0.15, 0.2) is 0 Å². The Bertz CT molecular complexity index is 533. The Morgan fingerprint density at radius 3 is 2.70 bits per heavy atom. The van der Waals surface area contributed by atoms with E-state index in [0.29, 0.717) is 10.0 Å². The number of hydrogen-bond acceptors (Lipinski definition) is 3. The quantitative estimate of drug-likeness (QED) is 0.692. The summed E-state index contributed by atoms with van der Waals surface area (Å²) in [6.07, 6.45) is 3.28. The molecule has 0 aliphatic carbocycles. The maximum atomic E-state index is 6.05. The van der Waals surface area contributed by atoms with E-state index in [1.54, 1.807) is 12.7 Å². The van der Waals surface area contributed by atoms with E-state index in [1.165, 1.54) is 0 Å². The van der Waals surface area contributed by atoms with E-state index < -0.39 is 0 Å². The van der Waals surface area contributed by atoms with Gasteiger partial charge in [0.05, 0.1) is 16.6 Å². The van der Waals surface area contributed by atoms with Gasteiger partial charge in [0.1, 0.15) is 12.7 Å². The SMILES string of the molecule is Clc1ccc(CN(CCBr)CCn2cncn2)cc1Cl. The molecular weight excluding hydrogens is 363 g/mol. The van der Waals surface area contributed by atoms with Crippen LogP contribution in [0.2, 0.25) is 10.0 Å². The summed E-state index contributed by atoms with van der Waals surface area (Å²) in [4.78, 5) is 6.27. The van der Waals surface area contributed by atoms with Gasteiger partial charge in [-0.1, -0.05) is 45.2 Å². The predicted octanol–water partition coefficient (Wildman–Crippen LogP) is 3.48. The first-order chi connectivity index (χ1) is 9.69. The van der Waals surface area contributed by atoms with Crippen LogP contribution in [0.1, 0.15) is 5.56 Å². The Kier molecular flexibility index (Phi) is 6.29. The van der Waals surface area contributed by atoms with E-state index in [-0.39, 0.29) is 0 Å². The van der Waals surface area contributed by atoms with E-state index >= 15 is 0 Å². The Balaban J connectivity index is 1.95. The van der Waals surface area contributed by atoms with Gasteiger partial charge in [0.2, 0.25) is 0 Å². The molecule has 0 saturated heterocycles. The van der Waals surface area contributed by atoms with Gasteiger partial charge in [0, 0.05) is 25.0 Å². The third-order valence-corrected chi connectivity index (χ3v) is 4.00. The zero-order valence-corrected chi connectivity index (χ0v) is 13.9. The van der Waals surface area contributed by atoms with Crippen molar-refractivity contribution in [2.75, 3.05) is 18.4 Å². The monoisotopic (exact) mass is 376 g/mol. The van der Waals surface area contributed by atoms with Crippen LogP contribution in [0.3, 0.4) is 0 Å². The van der Waals surface area contributed by atoms with E-state index in [9.17, 15) is 0 Å². The maximum absolute atomic E-state index is 6.05. The molecule has 0 amide bonds. The molecule has 0 bridgehead atoms. The zero-order valence-electron chi connectivity index (χ0n) is 10.8. The average molecular weight is 378 g/mol. The Hall–Kier alpha value is -0.620. The fraction of sp³-hybridized carbons (Fsp3) is 0.385. The van der Waals surface area contributed by atoms with Crippen molar-refractivity contribution in [1.29, 1.82) is 0 Å². The molecule has 0 atom stereocenters. The van der Waals surface area contributed by atoms with Gasteiger partial charge in [-0.2, -0.15) is 5.10 Å². The second-order valence-electron chi connectivity index (χ2n) is 4.37. The number of benzene rings is 1. The van der Waals surface area contributed by atoms with E-state index in [4.69, 9.17) is 23.2 Å². The predicted molar refractivity (Wildman–Crippen MR) is 85.6 cm³/mol. The van der Waals surface area contributed by atoms with Crippen LogP contribution in [0, 0.1) is 0 Å². The minimum Gasteiger partial charge on any atom is -0.296 e. The summed E-state index contributed by atoms with van der Waals surface area (Å²) in [7, 11) is 0. The molecule has 0 radical (unpaired) electrons. The van der Waals surface area contributed by atoms with Crippen LogP contribution in [0.15, 0.2) is 30.9 Å². The second-order valence-corrected chi connectivity index (χ2v) is 5.98. The highest BCUT2D eigenvalue weighted by Gasteiger charge is 2.07. The topological polar surface area (TPSA) is 34.0 Å². The Morgan fingerprint density at radius 2 is 2.05 bits per heavy atom. The molecule has 1 heterocycles. The van der Waals surface area contributed by atoms with E-state index in [2.05, 4.69) is 30.9 Å². The highest BCUT2D eigenvalue weighted by molar-refractivity contribution is 9.09. The molecule has 2 rings (SSSR count). The van der Waals surface area contributed by atoms with Crippen molar-refractivity contribution >= 4 is 39.1 Å². The molecule has 0 fully saturated rings. The number of halogens is 3. The standard InChI is InChI=1S/C13H15BrCl2N4/c14-3-4-19(5-6-20-10-17-9-18-20)8-11-1-2-12(15)13(16)7-11/h1-2,7,9-10H,3-6,8H2. The fourth-order valence-electron chi connectivity index (χ4n) is 1.88. The van der Waals surface area contributed by atoms with Gasteiger partial charge < -0.3 is 0 Å².